The van der Waals surface area contributed by atoms with Crippen LogP contribution in [0.4, 0.5) is 0 Å². The van der Waals surface area contributed by atoms with Crippen LogP contribution in [0.2, 0.25) is 0 Å². The number of para-hydroxylation sites is 1. The van der Waals surface area contributed by atoms with Gasteiger partial charge in [-0.3, -0.25) is 19.2 Å². The van der Waals surface area contributed by atoms with Gasteiger partial charge in [0.1, 0.15) is 17.7 Å². The summed E-state index contributed by atoms with van der Waals surface area (Å²) in [6, 6.07) is 16.4. The van der Waals surface area contributed by atoms with Gasteiger partial charge in [0.2, 0.25) is 17.7 Å². The molecule has 2 aliphatic rings. The largest absolute Gasteiger partial charge is 0.451 e. The fourth-order valence-electron chi connectivity index (χ4n) is 5.05. The van der Waals surface area contributed by atoms with E-state index in [1.807, 2.05) is 42.5 Å². The number of fused-ring (bicyclic) bond motifs is 1. The van der Waals surface area contributed by atoms with Crippen LogP contribution in [0.5, 0.6) is 0 Å². The Bertz CT molecular complexity index is 1320. The molecule has 204 valence electrons. The smallest absolute Gasteiger partial charge is 0.287 e. The molecule has 3 heterocycles. The summed E-state index contributed by atoms with van der Waals surface area (Å²) in [7, 11) is 1.71. The maximum Gasteiger partial charge on any atom is 0.287 e. The Morgan fingerprint density at radius 1 is 0.974 bits per heavy atom. The molecule has 10 nitrogen and oxygen atoms in total. The van der Waals surface area contributed by atoms with E-state index in [4.69, 9.17) is 9.15 Å². The van der Waals surface area contributed by atoms with Crippen molar-refractivity contribution in [1.82, 2.24) is 20.0 Å². The summed E-state index contributed by atoms with van der Waals surface area (Å²) < 4.78 is 11.0. The zero-order valence-electron chi connectivity index (χ0n) is 21.9. The van der Waals surface area contributed by atoms with Crippen molar-refractivity contribution in [3.8, 4) is 0 Å². The van der Waals surface area contributed by atoms with Gasteiger partial charge in [0.25, 0.3) is 5.91 Å². The lowest BCUT2D eigenvalue weighted by atomic mass is 9.99. The molecule has 1 aromatic heterocycles. The Kier molecular flexibility index (Phi) is 7.92. The first-order chi connectivity index (χ1) is 18.9. The average molecular weight is 533 g/mol. The molecule has 2 saturated heterocycles. The number of hydrogen-bond donors (Lipinski definition) is 1. The number of carbonyl (C=O) groups excluding carboxylic acids is 4. The molecular weight excluding hydrogens is 500 g/mol. The van der Waals surface area contributed by atoms with Crippen molar-refractivity contribution < 1.29 is 28.3 Å². The SMILES string of the molecule is CN1CCN(C(=O)[C@H](CC(=O)N2CCOCC2)NC(=O)c2cc3ccccc3o2)[C@@H](Cc2ccccc2)C1=O. The van der Waals surface area contributed by atoms with Crippen LogP contribution in [-0.2, 0) is 25.5 Å². The summed E-state index contributed by atoms with van der Waals surface area (Å²) >= 11 is 0. The fraction of sp³-hybridized carbons (Fsp3) is 0.379. The minimum atomic E-state index is -1.17. The molecular formula is C29H32N4O6. The van der Waals surface area contributed by atoms with Crippen molar-refractivity contribution in [3.05, 3.63) is 72.0 Å². The lowest BCUT2D eigenvalue weighted by Crippen LogP contribution is -2.62. The first-order valence-electron chi connectivity index (χ1n) is 13.1. The van der Waals surface area contributed by atoms with E-state index < -0.39 is 23.9 Å². The fourth-order valence-corrected chi connectivity index (χ4v) is 5.05. The number of amides is 4. The zero-order valence-corrected chi connectivity index (χ0v) is 21.9. The number of likely N-dealkylation sites (N-methyl/N-ethyl adjacent to an activating group) is 1. The molecule has 3 aromatic rings. The topological polar surface area (TPSA) is 112 Å². The molecule has 4 amide bonds. The Balaban J connectivity index is 1.40. The molecule has 0 unspecified atom stereocenters. The number of morpholine rings is 1. The summed E-state index contributed by atoms with van der Waals surface area (Å²) in [5, 5.41) is 3.50. The van der Waals surface area contributed by atoms with Crippen LogP contribution >= 0.6 is 0 Å². The van der Waals surface area contributed by atoms with Gasteiger partial charge in [-0.2, -0.15) is 0 Å². The normalized spacial score (nSPS) is 18.7. The Morgan fingerprint density at radius 2 is 1.69 bits per heavy atom. The molecule has 0 aliphatic carbocycles. The molecule has 0 spiro atoms. The van der Waals surface area contributed by atoms with Gasteiger partial charge in [-0.05, 0) is 17.7 Å². The van der Waals surface area contributed by atoms with Gasteiger partial charge in [-0.1, -0.05) is 48.5 Å². The van der Waals surface area contributed by atoms with Crippen LogP contribution in [-0.4, -0.2) is 96.9 Å². The maximum atomic E-state index is 14.0. The number of carbonyl (C=O) groups is 4. The predicted octanol–water partition coefficient (Wildman–Crippen LogP) is 1.69. The standard InChI is InChI=1S/C29H32N4O6/c1-31-11-12-33(23(29(31)37)17-20-7-3-2-4-8-20)28(36)22(19-26(34)32-13-15-38-16-14-32)30-27(35)25-18-21-9-5-6-10-24(21)39-25/h2-10,18,22-23H,11-17,19H2,1H3,(H,30,35)/t22-,23-/m0/s1. The first-order valence-corrected chi connectivity index (χ1v) is 13.1. The summed E-state index contributed by atoms with van der Waals surface area (Å²) in [6.07, 6.45) is 0.0980. The van der Waals surface area contributed by atoms with Crippen LogP contribution in [0.25, 0.3) is 11.0 Å². The van der Waals surface area contributed by atoms with Crippen LogP contribution < -0.4 is 5.32 Å². The third kappa shape index (κ3) is 5.96. The van der Waals surface area contributed by atoms with E-state index in [-0.39, 0.29) is 24.0 Å². The molecule has 39 heavy (non-hydrogen) atoms. The van der Waals surface area contributed by atoms with Crippen molar-refractivity contribution in [2.24, 2.45) is 0 Å². The van der Waals surface area contributed by atoms with Gasteiger partial charge >= 0.3 is 0 Å². The van der Waals surface area contributed by atoms with Crippen molar-refractivity contribution in [2.75, 3.05) is 46.4 Å². The second-order valence-electron chi connectivity index (χ2n) is 9.87. The molecule has 0 bridgehead atoms. The van der Waals surface area contributed by atoms with Crippen molar-refractivity contribution in [1.29, 1.82) is 0 Å². The number of rotatable bonds is 7. The van der Waals surface area contributed by atoms with E-state index in [1.54, 1.807) is 35.0 Å². The molecule has 0 saturated carbocycles. The van der Waals surface area contributed by atoms with Crippen LogP contribution in [0, 0.1) is 0 Å². The van der Waals surface area contributed by atoms with Crippen molar-refractivity contribution in [3.63, 3.8) is 0 Å². The quantitative estimate of drug-likeness (QED) is 0.496. The summed E-state index contributed by atoms with van der Waals surface area (Å²) in [4.78, 5) is 58.4. The lowest BCUT2D eigenvalue weighted by molar-refractivity contribution is -0.152. The molecule has 0 radical (unpaired) electrons. The Morgan fingerprint density at radius 3 is 2.44 bits per heavy atom. The second-order valence-corrected chi connectivity index (χ2v) is 9.87. The molecule has 2 aromatic carbocycles. The third-order valence-electron chi connectivity index (χ3n) is 7.26. The van der Waals surface area contributed by atoms with E-state index in [2.05, 4.69) is 5.32 Å². The lowest BCUT2D eigenvalue weighted by Gasteiger charge is -2.41. The molecule has 2 fully saturated rings. The highest BCUT2D eigenvalue weighted by molar-refractivity contribution is 6.00. The zero-order chi connectivity index (χ0) is 27.4. The van der Waals surface area contributed by atoms with Crippen LogP contribution in [0.1, 0.15) is 22.5 Å². The van der Waals surface area contributed by atoms with E-state index in [9.17, 15) is 19.2 Å². The highest BCUT2D eigenvalue weighted by atomic mass is 16.5. The first kappa shape index (κ1) is 26.4. The number of furan rings is 1. The Labute approximate surface area is 226 Å². The Hall–Kier alpha value is -4.18. The molecule has 1 N–H and O–H groups in total. The van der Waals surface area contributed by atoms with Crippen molar-refractivity contribution >= 4 is 34.6 Å². The number of nitrogens with zero attached hydrogens (tertiary/aromatic N) is 3. The summed E-state index contributed by atoms with van der Waals surface area (Å²) in [6.45, 7) is 2.32. The second kappa shape index (κ2) is 11.7. The van der Waals surface area contributed by atoms with E-state index in [0.717, 1.165) is 10.9 Å². The molecule has 2 aliphatic heterocycles. The minimum Gasteiger partial charge on any atom is -0.451 e. The van der Waals surface area contributed by atoms with Gasteiger partial charge in [0, 0.05) is 45.0 Å². The number of benzene rings is 2. The van der Waals surface area contributed by atoms with Crippen LogP contribution in [0.15, 0.2) is 65.1 Å². The van der Waals surface area contributed by atoms with E-state index in [1.165, 1.54) is 4.90 Å². The number of ether oxygens (including phenoxy) is 1. The van der Waals surface area contributed by atoms with Gasteiger partial charge < -0.3 is 29.2 Å². The number of hydrogen-bond acceptors (Lipinski definition) is 6. The predicted molar refractivity (Wildman–Crippen MR) is 143 cm³/mol. The highest BCUT2D eigenvalue weighted by Crippen LogP contribution is 2.21. The van der Waals surface area contributed by atoms with Gasteiger partial charge in [-0.15, -0.1) is 0 Å². The summed E-state index contributed by atoms with van der Waals surface area (Å²) in [5.74, 6) is -1.46. The van der Waals surface area contributed by atoms with E-state index >= 15 is 0 Å². The highest BCUT2D eigenvalue weighted by Gasteiger charge is 2.40. The van der Waals surface area contributed by atoms with Crippen molar-refractivity contribution in [2.45, 2.75) is 24.9 Å². The molecule has 2 atom stereocenters. The molecule has 10 heteroatoms. The van der Waals surface area contributed by atoms with Gasteiger partial charge in [0.15, 0.2) is 5.76 Å². The monoisotopic (exact) mass is 532 g/mol. The third-order valence-corrected chi connectivity index (χ3v) is 7.26. The summed E-state index contributed by atoms with van der Waals surface area (Å²) in [5.41, 5.74) is 1.46. The van der Waals surface area contributed by atoms with Gasteiger partial charge in [-0.25, -0.2) is 0 Å². The minimum absolute atomic E-state index is 0.0445. The average Bonchev–Trinajstić information content (AvgIpc) is 3.41. The number of nitrogens with one attached hydrogen (secondary N) is 1. The van der Waals surface area contributed by atoms with Gasteiger partial charge in [0.05, 0.1) is 19.6 Å². The maximum absolute atomic E-state index is 14.0. The molecule has 5 rings (SSSR count). The number of piperazine rings is 1. The van der Waals surface area contributed by atoms with Crippen LogP contribution in [0.3, 0.4) is 0 Å². The van der Waals surface area contributed by atoms with E-state index in [0.29, 0.717) is 51.4 Å².